The number of esters is 1. The highest BCUT2D eigenvalue weighted by atomic mass is 32.2. The molecule has 0 bridgehead atoms. The molecule has 2 rings (SSSR count). The minimum absolute atomic E-state index is 0.389. The van der Waals surface area contributed by atoms with Crippen LogP contribution >= 0.6 is 0 Å². The largest absolute Gasteiger partial charge is 0.468 e. The van der Waals surface area contributed by atoms with Gasteiger partial charge in [-0.3, -0.25) is 0 Å². The standard InChI is InChI=1S/C12H12FNO3S/c1-17-12(15)11-3-2-8-14(11)18(16)10-6-4-9(13)5-7-10/h2-7,11H,8H2,1H3. The SMILES string of the molecule is COC(=O)C1C=CCN1S(=O)c1ccc(F)cc1. The van der Waals surface area contributed by atoms with E-state index in [1.807, 2.05) is 0 Å². The van der Waals surface area contributed by atoms with E-state index >= 15 is 0 Å². The van der Waals surface area contributed by atoms with Gasteiger partial charge >= 0.3 is 5.97 Å². The molecule has 96 valence electrons. The van der Waals surface area contributed by atoms with Gasteiger partial charge in [0.25, 0.3) is 0 Å². The molecule has 0 fully saturated rings. The Morgan fingerprint density at radius 2 is 2.11 bits per heavy atom. The lowest BCUT2D eigenvalue weighted by molar-refractivity contribution is -0.143. The van der Waals surface area contributed by atoms with Crippen LogP contribution in [0.2, 0.25) is 0 Å². The molecule has 1 aromatic rings. The minimum Gasteiger partial charge on any atom is -0.468 e. The van der Waals surface area contributed by atoms with Crippen LogP contribution in [0.15, 0.2) is 41.3 Å². The number of carbonyl (C=O) groups is 1. The second-order valence-corrected chi connectivity index (χ2v) is 5.14. The molecule has 1 heterocycles. The first kappa shape index (κ1) is 12.9. The topological polar surface area (TPSA) is 46.6 Å². The van der Waals surface area contributed by atoms with Crippen LogP contribution in [0.3, 0.4) is 0 Å². The van der Waals surface area contributed by atoms with Crippen molar-refractivity contribution >= 4 is 17.0 Å². The lowest BCUT2D eigenvalue weighted by Crippen LogP contribution is -2.38. The van der Waals surface area contributed by atoms with Gasteiger partial charge in [-0.15, -0.1) is 0 Å². The average Bonchev–Trinajstić information content (AvgIpc) is 2.87. The van der Waals surface area contributed by atoms with Gasteiger partial charge in [0, 0.05) is 6.54 Å². The minimum atomic E-state index is -1.52. The fraction of sp³-hybridized carbons (Fsp3) is 0.250. The monoisotopic (exact) mass is 269 g/mol. The maximum Gasteiger partial charge on any atom is 0.328 e. The van der Waals surface area contributed by atoms with Crippen LogP contribution < -0.4 is 0 Å². The molecule has 0 aromatic heterocycles. The molecule has 1 aliphatic heterocycles. The highest BCUT2D eigenvalue weighted by molar-refractivity contribution is 7.82. The first-order chi connectivity index (χ1) is 8.63. The Labute approximate surface area is 107 Å². The highest BCUT2D eigenvalue weighted by Gasteiger charge is 2.32. The molecule has 0 spiro atoms. The van der Waals surface area contributed by atoms with E-state index in [1.54, 1.807) is 12.2 Å². The molecule has 4 nitrogen and oxygen atoms in total. The molecule has 0 N–H and O–H groups in total. The van der Waals surface area contributed by atoms with Crippen molar-refractivity contribution in [2.75, 3.05) is 13.7 Å². The van der Waals surface area contributed by atoms with E-state index in [0.29, 0.717) is 11.4 Å². The molecule has 2 unspecified atom stereocenters. The Bertz CT molecular complexity index is 501. The van der Waals surface area contributed by atoms with Crippen LogP contribution in [0.25, 0.3) is 0 Å². The first-order valence-corrected chi connectivity index (χ1v) is 6.42. The molecule has 18 heavy (non-hydrogen) atoms. The van der Waals surface area contributed by atoms with E-state index in [2.05, 4.69) is 4.74 Å². The fourth-order valence-corrected chi connectivity index (χ4v) is 2.90. The predicted octanol–water partition coefficient (Wildman–Crippen LogP) is 1.26. The van der Waals surface area contributed by atoms with E-state index < -0.39 is 23.0 Å². The van der Waals surface area contributed by atoms with Crippen LogP contribution in [0, 0.1) is 5.82 Å². The Balaban J connectivity index is 2.19. The summed E-state index contributed by atoms with van der Waals surface area (Å²) >= 11 is 0. The smallest absolute Gasteiger partial charge is 0.328 e. The lowest BCUT2D eigenvalue weighted by Gasteiger charge is -2.20. The third kappa shape index (κ3) is 2.49. The van der Waals surface area contributed by atoms with Gasteiger partial charge < -0.3 is 4.74 Å². The van der Waals surface area contributed by atoms with Gasteiger partial charge in [-0.2, -0.15) is 4.31 Å². The number of rotatable bonds is 3. The number of hydrogen-bond donors (Lipinski definition) is 0. The average molecular weight is 269 g/mol. The number of nitrogens with zero attached hydrogens (tertiary/aromatic N) is 1. The third-order valence-electron chi connectivity index (χ3n) is 2.58. The van der Waals surface area contributed by atoms with Gasteiger partial charge in [0.05, 0.1) is 12.0 Å². The zero-order chi connectivity index (χ0) is 13.1. The van der Waals surface area contributed by atoms with E-state index in [4.69, 9.17) is 0 Å². The van der Waals surface area contributed by atoms with Crippen molar-refractivity contribution in [3.63, 3.8) is 0 Å². The summed E-state index contributed by atoms with van der Waals surface area (Å²) in [6, 6.07) is 4.71. The summed E-state index contributed by atoms with van der Waals surface area (Å²) < 4.78 is 31.2. The second-order valence-electron chi connectivity index (χ2n) is 3.70. The second kappa shape index (κ2) is 5.41. The summed E-state index contributed by atoms with van der Waals surface area (Å²) in [5.74, 6) is -0.848. The number of benzene rings is 1. The van der Waals surface area contributed by atoms with Crippen LogP contribution in [0.5, 0.6) is 0 Å². The molecule has 0 aliphatic carbocycles. The lowest BCUT2D eigenvalue weighted by atomic mass is 10.3. The van der Waals surface area contributed by atoms with E-state index in [-0.39, 0.29) is 5.82 Å². The Hall–Kier alpha value is -1.53. The van der Waals surface area contributed by atoms with Gasteiger partial charge in [0.1, 0.15) is 22.8 Å². The summed E-state index contributed by atoms with van der Waals surface area (Å²) in [7, 11) is -0.231. The maximum atomic E-state index is 12.8. The summed E-state index contributed by atoms with van der Waals surface area (Å²) in [4.78, 5) is 12.0. The fourth-order valence-electron chi connectivity index (χ4n) is 1.68. The van der Waals surface area contributed by atoms with Gasteiger partial charge in [-0.1, -0.05) is 12.2 Å². The Morgan fingerprint density at radius 1 is 1.44 bits per heavy atom. The van der Waals surface area contributed by atoms with E-state index in [9.17, 15) is 13.4 Å². The van der Waals surface area contributed by atoms with Crippen molar-refractivity contribution < 1.29 is 18.1 Å². The first-order valence-electron chi connectivity index (χ1n) is 5.32. The summed E-state index contributed by atoms with van der Waals surface area (Å²) in [5.41, 5.74) is 0. The predicted molar refractivity (Wildman–Crippen MR) is 64.5 cm³/mol. The van der Waals surface area contributed by atoms with E-state index in [1.165, 1.54) is 35.7 Å². The number of ether oxygens (including phenoxy) is 1. The summed E-state index contributed by atoms with van der Waals surface area (Å²) in [6.07, 6.45) is 3.40. The van der Waals surface area contributed by atoms with Crippen molar-refractivity contribution in [3.05, 3.63) is 42.2 Å². The van der Waals surface area contributed by atoms with Crippen molar-refractivity contribution in [2.45, 2.75) is 10.9 Å². The highest BCUT2D eigenvalue weighted by Crippen LogP contribution is 2.19. The number of hydrogen-bond acceptors (Lipinski definition) is 3. The molecular formula is C12H12FNO3S. The maximum absolute atomic E-state index is 12.8. The van der Waals surface area contributed by atoms with Crippen LogP contribution in [0.1, 0.15) is 0 Å². The molecule has 0 amide bonds. The molecule has 0 radical (unpaired) electrons. The zero-order valence-corrected chi connectivity index (χ0v) is 10.5. The van der Waals surface area contributed by atoms with Crippen LogP contribution in [-0.4, -0.2) is 34.2 Å². The summed E-state index contributed by atoms with van der Waals surface area (Å²) in [6.45, 7) is 0.393. The molecule has 6 heteroatoms. The zero-order valence-electron chi connectivity index (χ0n) is 9.71. The van der Waals surface area contributed by atoms with Gasteiger partial charge in [0.15, 0.2) is 0 Å². The molecule has 0 saturated carbocycles. The van der Waals surface area contributed by atoms with E-state index in [0.717, 1.165) is 0 Å². The van der Waals surface area contributed by atoms with Gasteiger partial charge in [-0.25, -0.2) is 13.4 Å². The van der Waals surface area contributed by atoms with Crippen molar-refractivity contribution in [1.29, 1.82) is 0 Å². The number of halogens is 1. The molecule has 1 aliphatic rings. The van der Waals surface area contributed by atoms with Gasteiger partial charge in [0.2, 0.25) is 0 Å². The Morgan fingerprint density at radius 3 is 2.72 bits per heavy atom. The van der Waals surface area contributed by atoms with Crippen molar-refractivity contribution in [1.82, 2.24) is 4.31 Å². The van der Waals surface area contributed by atoms with Crippen LogP contribution in [0.4, 0.5) is 4.39 Å². The quantitative estimate of drug-likeness (QED) is 0.613. The number of methoxy groups -OCH3 is 1. The third-order valence-corrected chi connectivity index (χ3v) is 4.06. The van der Waals surface area contributed by atoms with Crippen LogP contribution in [-0.2, 0) is 20.5 Å². The Kier molecular flexibility index (Phi) is 3.88. The van der Waals surface area contributed by atoms with Crippen molar-refractivity contribution in [2.24, 2.45) is 0 Å². The molecule has 2 atom stereocenters. The summed E-state index contributed by atoms with van der Waals surface area (Å²) in [5, 5.41) is 0. The van der Waals surface area contributed by atoms with Gasteiger partial charge in [-0.05, 0) is 24.3 Å². The normalized spacial score (nSPS) is 20.9. The molecular weight excluding hydrogens is 257 g/mol. The number of carbonyl (C=O) groups excluding carboxylic acids is 1. The molecule has 1 aromatic carbocycles. The molecule has 0 saturated heterocycles. The van der Waals surface area contributed by atoms with Crippen molar-refractivity contribution in [3.8, 4) is 0 Å².